The number of nitrogens with zero attached hydrogens (tertiary/aromatic N) is 2. The van der Waals surface area contributed by atoms with Gasteiger partial charge in [0.05, 0.1) is 16.6 Å². The monoisotopic (exact) mass is 427 g/mol. The predicted octanol–water partition coefficient (Wildman–Crippen LogP) is 2.62. The first kappa shape index (κ1) is 21.0. The second-order valence-corrected chi connectivity index (χ2v) is 10.4. The molecule has 1 unspecified atom stereocenters. The molecule has 1 amide bonds. The molecule has 2 fully saturated rings. The van der Waals surface area contributed by atoms with E-state index < -0.39 is 15.7 Å². The largest absolute Gasteiger partial charge is 0.321 e. The summed E-state index contributed by atoms with van der Waals surface area (Å²) in [5.41, 5.74) is 0.626. The lowest BCUT2D eigenvalue weighted by molar-refractivity contribution is -0.135. The molecule has 6 nitrogen and oxygen atoms in total. The van der Waals surface area contributed by atoms with E-state index in [1.807, 2.05) is 55.1 Å². The maximum absolute atomic E-state index is 13.3. The minimum absolute atomic E-state index is 0.0445. The molecule has 2 aliphatic heterocycles. The Labute approximate surface area is 178 Å². The maximum Gasteiger partial charge on any atom is 0.243 e. The van der Waals surface area contributed by atoms with Crippen molar-refractivity contribution in [2.45, 2.75) is 55.8 Å². The van der Waals surface area contributed by atoms with Gasteiger partial charge in [0.25, 0.3) is 0 Å². The number of carbonyl (C=O) groups is 1. The van der Waals surface area contributed by atoms with E-state index in [0.717, 1.165) is 5.56 Å². The van der Waals surface area contributed by atoms with Gasteiger partial charge in [0.15, 0.2) is 0 Å². The Morgan fingerprint density at radius 2 is 1.57 bits per heavy atom. The fraction of sp³-hybridized carbons (Fsp3) is 0.435. The zero-order valence-corrected chi connectivity index (χ0v) is 18.3. The molecule has 4 rings (SSSR count). The second-order valence-electron chi connectivity index (χ2n) is 8.44. The Bertz CT molecular complexity index is 985. The first-order valence-corrected chi connectivity index (χ1v) is 12.0. The van der Waals surface area contributed by atoms with Gasteiger partial charge >= 0.3 is 0 Å². The highest BCUT2D eigenvalue weighted by molar-refractivity contribution is 7.89. The molecule has 0 aromatic heterocycles. The molecule has 1 atom stereocenters. The van der Waals surface area contributed by atoms with Crippen LogP contribution in [0.1, 0.15) is 32.3 Å². The minimum Gasteiger partial charge on any atom is -0.321 e. The predicted molar refractivity (Wildman–Crippen MR) is 116 cm³/mol. The zero-order chi connectivity index (χ0) is 21.4. The normalized spacial score (nSPS) is 22.2. The van der Waals surface area contributed by atoms with Crippen molar-refractivity contribution in [1.29, 1.82) is 0 Å². The number of rotatable bonds is 5. The Balaban J connectivity index is 1.53. The van der Waals surface area contributed by atoms with E-state index in [-0.39, 0.29) is 18.0 Å². The van der Waals surface area contributed by atoms with Crippen LogP contribution in [0.3, 0.4) is 0 Å². The molecular weight excluding hydrogens is 398 g/mol. The molecule has 2 saturated heterocycles. The van der Waals surface area contributed by atoms with Crippen LogP contribution < -0.4 is 5.32 Å². The van der Waals surface area contributed by atoms with Gasteiger partial charge in [-0.1, -0.05) is 48.5 Å². The number of hydrogen-bond acceptors (Lipinski definition) is 4. The Hall–Kier alpha value is -2.22. The van der Waals surface area contributed by atoms with Crippen LogP contribution in [0.15, 0.2) is 65.6 Å². The topological polar surface area (TPSA) is 69.7 Å². The molecule has 2 aliphatic rings. The van der Waals surface area contributed by atoms with Gasteiger partial charge in [0.2, 0.25) is 15.9 Å². The minimum atomic E-state index is -3.52. The molecule has 0 saturated carbocycles. The van der Waals surface area contributed by atoms with E-state index >= 15 is 0 Å². The molecule has 2 aromatic carbocycles. The molecule has 2 heterocycles. The molecule has 160 valence electrons. The summed E-state index contributed by atoms with van der Waals surface area (Å²) in [5.74, 6) is 0.105. The third-order valence-electron chi connectivity index (χ3n) is 6.17. The van der Waals surface area contributed by atoms with Gasteiger partial charge in [-0.15, -0.1) is 0 Å². The highest BCUT2D eigenvalue weighted by Crippen LogP contribution is 2.36. The average molecular weight is 428 g/mol. The average Bonchev–Trinajstić information content (AvgIpc) is 3.00. The first-order valence-electron chi connectivity index (χ1n) is 10.5. The summed E-state index contributed by atoms with van der Waals surface area (Å²) in [6, 6.07) is 18.3. The van der Waals surface area contributed by atoms with E-state index in [0.29, 0.717) is 37.2 Å². The number of piperidine rings is 1. The molecular formula is C23H29N3O3S. The van der Waals surface area contributed by atoms with E-state index in [1.54, 1.807) is 28.6 Å². The lowest BCUT2D eigenvalue weighted by Gasteiger charge is -2.45. The zero-order valence-electron chi connectivity index (χ0n) is 17.5. The van der Waals surface area contributed by atoms with Crippen molar-refractivity contribution in [1.82, 2.24) is 14.5 Å². The molecule has 0 radical (unpaired) electrons. The number of hydrogen-bond donors (Lipinski definition) is 1. The fourth-order valence-electron chi connectivity index (χ4n) is 4.79. The Morgan fingerprint density at radius 1 is 1.00 bits per heavy atom. The standard InChI is InChI=1S/C23H29N3O3S/c1-18(2)26-22(27)21(17-19-9-5-3-6-10-19)24-23(26)13-15-25(16-14-23)30(28,29)20-11-7-4-8-12-20/h3-12,18,21,24H,13-17H2,1-2H3. The lowest BCUT2D eigenvalue weighted by atomic mass is 9.96. The van der Waals surface area contributed by atoms with Crippen LogP contribution in [-0.4, -0.2) is 54.4 Å². The van der Waals surface area contributed by atoms with Crippen LogP contribution in [0.25, 0.3) is 0 Å². The summed E-state index contributed by atoms with van der Waals surface area (Å²) in [6.45, 7) is 4.83. The number of carbonyl (C=O) groups excluding carboxylic acids is 1. The Kier molecular flexibility index (Phi) is 5.70. The number of amides is 1. The first-order chi connectivity index (χ1) is 14.3. The Morgan fingerprint density at radius 3 is 2.13 bits per heavy atom. The molecule has 1 N–H and O–H groups in total. The summed E-state index contributed by atoms with van der Waals surface area (Å²) < 4.78 is 27.5. The number of sulfonamides is 1. The van der Waals surface area contributed by atoms with Crippen molar-refractivity contribution in [2.75, 3.05) is 13.1 Å². The van der Waals surface area contributed by atoms with Crippen LogP contribution >= 0.6 is 0 Å². The van der Waals surface area contributed by atoms with E-state index in [1.165, 1.54) is 0 Å². The smallest absolute Gasteiger partial charge is 0.243 e. The van der Waals surface area contributed by atoms with Crippen LogP contribution in [-0.2, 0) is 21.2 Å². The van der Waals surface area contributed by atoms with Gasteiger partial charge < -0.3 is 4.90 Å². The van der Waals surface area contributed by atoms with Gasteiger partial charge in [0.1, 0.15) is 0 Å². The SMILES string of the molecule is CC(C)N1C(=O)C(Cc2ccccc2)NC12CCN(S(=O)(=O)c1ccccc1)CC2. The molecule has 7 heteroatoms. The van der Waals surface area contributed by atoms with Crippen molar-refractivity contribution in [3.8, 4) is 0 Å². The summed E-state index contributed by atoms with van der Waals surface area (Å²) in [4.78, 5) is 15.5. The van der Waals surface area contributed by atoms with Gasteiger partial charge in [0, 0.05) is 19.1 Å². The highest BCUT2D eigenvalue weighted by atomic mass is 32.2. The van der Waals surface area contributed by atoms with Gasteiger partial charge in [-0.05, 0) is 50.8 Å². The van der Waals surface area contributed by atoms with Crippen molar-refractivity contribution in [3.63, 3.8) is 0 Å². The van der Waals surface area contributed by atoms with Crippen LogP contribution in [0.2, 0.25) is 0 Å². The molecule has 0 bridgehead atoms. The summed E-state index contributed by atoms with van der Waals surface area (Å²) in [6.07, 6.45) is 1.79. The second kappa shape index (κ2) is 8.13. The molecule has 2 aromatic rings. The number of benzene rings is 2. The summed E-state index contributed by atoms with van der Waals surface area (Å²) in [5, 5.41) is 3.60. The quantitative estimate of drug-likeness (QED) is 0.796. The van der Waals surface area contributed by atoms with E-state index in [9.17, 15) is 13.2 Å². The maximum atomic E-state index is 13.3. The van der Waals surface area contributed by atoms with Gasteiger partial charge in [-0.2, -0.15) is 4.31 Å². The fourth-order valence-corrected chi connectivity index (χ4v) is 6.26. The molecule has 30 heavy (non-hydrogen) atoms. The van der Waals surface area contributed by atoms with Gasteiger partial charge in [-0.25, -0.2) is 8.42 Å². The third-order valence-corrected chi connectivity index (χ3v) is 8.08. The molecule has 1 spiro atoms. The van der Waals surface area contributed by atoms with Crippen molar-refractivity contribution in [2.24, 2.45) is 0 Å². The molecule has 0 aliphatic carbocycles. The number of nitrogens with one attached hydrogen (secondary N) is 1. The van der Waals surface area contributed by atoms with Crippen LogP contribution in [0.4, 0.5) is 0 Å². The lowest BCUT2D eigenvalue weighted by Crippen LogP contribution is -2.61. The van der Waals surface area contributed by atoms with Crippen molar-refractivity contribution >= 4 is 15.9 Å². The van der Waals surface area contributed by atoms with E-state index in [4.69, 9.17) is 0 Å². The summed E-state index contributed by atoms with van der Waals surface area (Å²) in [7, 11) is -3.52. The van der Waals surface area contributed by atoms with Gasteiger partial charge in [-0.3, -0.25) is 10.1 Å². The van der Waals surface area contributed by atoms with Crippen LogP contribution in [0, 0.1) is 0 Å². The van der Waals surface area contributed by atoms with Crippen molar-refractivity contribution < 1.29 is 13.2 Å². The third kappa shape index (κ3) is 3.77. The van der Waals surface area contributed by atoms with E-state index in [2.05, 4.69) is 5.32 Å². The highest BCUT2D eigenvalue weighted by Gasteiger charge is 2.53. The van der Waals surface area contributed by atoms with Crippen LogP contribution in [0.5, 0.6) is 0 Å². The summed E-state index contributed by atoms with van der Waals surface area (Å²) >= 11 is 0. The van der Waals surface area contributed by atoms with Crippen molar-refractivity contribution in [3.05, 3.63) is 66.2 Å².